The topological polar surface area (TPSA) is 117 Å². The van der Waals surface area contributed by atoms with E-state index in [1.807, 2.05) is 0 Å². The van der Waals surface area contributed by atoms with E-state index in [2.05, 4.69) is 16.5 Å². The molecule has 2 heterocycles. The molecule has 21 heavy (non-hydrogen) atoms. The van der Waals surface area contributed by atoms with Crippen LogP contribution in [0.15, 0.2) is 30.8 Å². The molecule has 0 bridgehead atoms. The zero-order chi connectivity index (χ0) is 15.1. The van der Waals surface area contributed by atoms with Gasteiger partial charge in [0.05, 0.1) is 18.0 Å². The molecule has 7 nitrogen and oxygen atoms in total. The van der Waals surface area contributed by atoms with Crippen LogP contribution >= 0.6 is 0 Å². The number of nitrogens with zero attached hydrogens (tertiary/aromatic N) is 3. The second-order valence-electron chi connectivity index (χ2n) is 4.98. The van der Waals surface area contributed by atoms with Crippen molar-refractivity contribution >= 4 is 22.9 Å². The second-order valence-corrected chi connectivity index (χ2v) is 4.98. The zero-order valence-corrected chi connectivity index (χ0v) is 11.2. The van der Waals surface area contributed by atoms with Crippen LogP contribution < -0.4 is 5.73 Å². The lowest BCUT2D eigenvalue weighted by molar-refractivity contribution is 0.0288. The molecule has 5 N–H and O–H groups in total. The summed E-state index contributed by atoms with van der Waals surface area (Å²) in [6.07, 6.45) is 4.21. The minimum Gasteiger partial charge on any atom is -0.392 e. The van der Waals surface area contributed by atoms with Crippen LogP contribution in [0, 0.1) is 0 Å². The normalized spacial score (nSPS) is 25.3. The van der Waals surface area contributed by atoms with E-state index in [0.29, 0.717) is 22.4 Å². The minimum absolute atomic E-state index is 0.306. The number of nitrogens with two attached hydrogens (primary N) is 1. The first kappa shape index (κ1) is 13.7. The van der Waals surface area contributed by atoms with E-state index in [4.69, 9.17) is 5.73 Å². The number of aliphatic hydroxyl groups is 3. The Kier molecular flexibility index (Phi) is 3.25. The summed E-state index contributed by atoms with van der Waals surface area (Å²) >= 11 is 0. The third-order valence-corrected chi connectivity index (χ3v) is 3.83. The highest BCUT2D eigenvalue weighted by Gasteiger charge is 2.36. The maximum Gasteiger partial charge on any atom is 0.146 e. The number of fused-ring (bicyclic) bond motifs is 1. The number of rotatable bonds is 3. The summed E-state index contributed by atoms with van der Waals surface area (Å²) in [4.78, 5) is 8.16. The Labute approximate surface area is 120 Å². The quantitative estimate of drug-likeness (QED) is 0.584. The maximum atomic E-state index is 10.2. The van der Waals surface area contributed by atoms with Gasteiger partial charge in [0.2, 0.25) is 0 Å². The summed E-state index contributed by atoms with van der Waals surface area (Å²) in [5.74, 6) is 0.327. The summed E-state index contributed by atoms with van der Waals surface area (Å²) < 4.78 is 1.71. The van der Waals surface area contributed by atoms with Crippen LogP contribution in [0.4, 0.5) is 5.82 Å². The van der Waals surface area contributed by atoms with Gasteiger partial charge in [0, 0.05) is 11.8 Å². The highest BCUT2D eigenvalue weighted by molar-refractivity contribution is 5.94. The van der Waals surface area contributed by atoms with Crippen LogP contribution in [-0.4, -0.2) is 48.7 Å². The van der Waals surface area contributed by atoms with Crippen LogP contribution in [0.1, 0.15) is 11.6 Å². The van der Waals surface area contributed by atoms with Gasteiger partial charge in [0.15, 0.2) is 0 Å². The van der Waals surface area contributed by atoms with Crippen molar-refractivity contribution in [2.24, 2.45) is 0 Å². The molecule has 110 valence electrons. The Balaban J connectivity index is 2.20. The monoisotopic (exact) mass is 288 g/mol. The van der Waals surface area contributed by atoms with Gasteiger partial charge in [0.25, 0.3) is 0 Å². The summed E-state index contributed by atoms with van der Waals surface area (Å²) in [5.41, 5.74) is 7.56. The molecule has 7 heteroatoms. The van der Waals surface area contributed by atoms with Crippen molar-refractivity contribution in [2.75, 3.05) is 12.3 Å². The molecule has 0 radical (unpaired) electrons. The number of nitrogen functional groups attached to an aromatic ring is 1. The van der Waals surface area contributed by atoms with Gasteiger partial charge in [0.1, 0.15) is 30.0 Å². The SMILES string of the molecule is C=Cc1cn(C2C=C(CO)[C@H](O)[C@@H]2O)c2ncnc(N)c12. The van der Waals surface area contributed by atoms with Crippen LogP contribution in [0.25, 0.3) is 17.1 Å². The Hall–Kier alpha value is -2.22. The first-order valence-corrected chi connectivity index (χ1v) is 6.49. The highest BCUT2D eigenvalue weighted by Crippen LogP contribution is 2.34. The summed E-state index contributed by atoms with van der Waals surface area (Å²) in [6.45, 7) is 3.43. The van der Waals surface area contributed by atoms with Gasteiger partial charge in [-0.25, -0.2) is 9.97 Å². The molecule has 1 aliphatic carbocycles. The van der Waals surface area contributed by atoms with Crippen molar-refractivity contribution in [3.63, 3.8) is 0 Å². The molecule has 0 fully saturated rings. The van der Waals surface area contributed by atoms with E-state index in [0.717, 1.165) is 5.56 Å². The molecule has 1 unspecified atom stereocenters. The number of hydrogen-bond donors (Lipinski definition) is 4. The van der Waals surface area contributed by atoms with Crippen molar-refractivity contribution in [2.45, 2.75) is 18.2 Å². The Morgan fingerprint density at radius 3 is 2.76 bits per heavy atom. The van der Waals surface area contributed by atoms with Crippen LogP contribution in [0.3, 0.4) is 0 Å². The summed E-state index contributed by atoms with van der Waals surface area (Å²) in [5, 5.41) is 30.0. The van der Waals surface area contributed by atoms with Gasteiger partial charge >= 0.3 is 0 Å². The highest BCUT2D eigenvalue weighted by atomic mass is 16.3. The molecule has 0 amide bonds. The lowest BCUT2D eigenvalue weighted by atomic mass is 10.1. The Bertz CT molecular complexity index is 737. The number of aliphatic hydroxyl groups excluding tert-OH is 3. The van der Waals surface area contributed by atoms with E-state index < -0.39 is 18.2 Å². The van der Waals surface area contributed by atoms with Gasteiger partial charge in [-0.2, -0.15) is 0 Å². The van der Waals surface area contributed by atoms with Gasteiger partial charge < -0.3 is 25.6 Å². The fourth-order valence-electron chi connectivity index (χ4n) is 2.73. The number of aromatic nitrogens is 3. The van der Waals surface area contributed by atoms with Crippen molar-refractivity contribution < 1.29 is 15.3 Å². The van der Waals surface area contributed by atoms with Crippen LogP contribution in [-0.2, 0) is 0 Å². The van der Waals surface area contributed by atoms with Crippen LogP contribution in [0.2, 0.25) is 0 Å². The number of anilines is 1. The molecule has 0 saturated heterocycles. The fourth-order valence-corrected chi connectivity index (χ4v) is 2.73. The Morgan fingerprint density at radius 2 is 2.14 bits per heavy atom. The van der Waals surface area contributed by atoms with Crippen molar-refractivity contribution in [3.05, 3.63) is 36.3 Å². The molecular weight excluding hydrogens is 272 g/mol. The van der Waals surface area contributed by atoms with Crippen molar-refractivity contribution in [1.29, 1.82) is 0 Å². The largest absolute Gasteiger partial charge is 0.392 e. The van der Waals surface area contributed by atoms with Gasteiger partial charge in [-0.3, -0.25) is 0 Å². The fraction of sp³-hybridized carbons (Fsp3) is 0.286. The molecule has 2 aromatic heterocycles. The first-order chi connectivity index (χ1) is 10.1. The summed E-state index contributed by atoms with van der Waals surface area (Å²) in [7, 11) is 0. The molecule has 2 aromatic rings. The average Bonchev–Trinajstić information content (AvgIpc) is 2.99. The van der Waals surface area contributed by atoms with Gasteiger partial charge in [-0.05, 0) is 5.57 Å². The third kappa shape index (κ3) is 1.94. The molecule has 0 spiro atoms. The maximum absolute atomic E-state index is 10.2. The molecule has 0 aliphatic heterocycles. The van der Waals surface area contributed by atoms with Gasteiger partial charge in [-0.15, -0.1) is 0 Å². The molecule has 3 rings (SSSR count). The van der Waals surface area contributed by atoms with E-state index in [9.17, 15) is 15.3 Å². The predicted molar refractivity (Wildman–Crippen MR) is 78.3 cm³/mol. The molecule has 0 saturated carbocycles. The predicted octanol–water partition coefficient (Wildman–Crippen LogP) is -0.148. The van der Waals surface area contributed by atoms with Crippen LogP contribution in [0.5, 0.6) is 0 Å². The zero-order valence-electron chi connectivity index (χ0n) is 11.2. The molecule has 0 aromatic carbocycles. The standard InChI is InChI=1S/C14H16N4O3/c1-2-7-4-18(14-10(7)13(15)16-6-17-14)9-3-8(5-19)11(20)12(9)21/h2-4,6,9,11-12,19-21H,1,5H2,(H2,15,16,17)/t9?,11-,12+/m0/s1. The van der Waals surface area contributed by atoms with E-state index in [1.165, 1.54) is 6.33 Å². The summed E-state index contributed by atoms with van der Waals surface area (Å²) in [6, 6.07) is -0.535. The lowest BCUT2D eigenvalue weighted by Gasteiger charge is -2.19. The van der Waals surface area contributed by atoms with Gasteiger partial charge in [-0.1, -0.05) is 18.7 Å². The minimum atomic E-state index is -1.09. The van der Waals surface area contributed by atoms with Crippen molar-refractivity contribution in [1.82, 2.24) is 14.5 Å². The van der Waals surface area contributed by atoms with Crippen molar-refractivity contribution in [3.8, 4) is 0 Å². The molecule has 1 aliphatic rings. The Morgan fingerprint density at radius 1 is 1.38 bits per heavy atom. The third-order valence-electron chi connectivity index (χ3n) is 3.83. The number of hydrogen-bond acceptors (Lipinski definition) is 6. The average molecular weight is 288 g/mol. The van der Waals surface area contributed by atoms with E-state index in [1.54, 1.807) is 22.9 Å². The first-order valence-electron chi connectivity index (χ1n) is 6.49. The van der Waals surface area contributed by atoms with E-state index in [-0.39, 0.29) is 6.61 Å². The molecular formula is C14H16N4O3. The smallest absolute Gasteiger partial charge is 0.146 e. The van der Waals surface area contributed by atoms with E-state index >= 15 is 0 Å². The lowest BCUT2D eigenvalue weighted by Crippen LogP contribution is -2.30. The molecule has 3 atom stereocenters. The second kappa shape index (κ2) is 4.96.